The first-order chi connectivity index (χ1) is 20.9. The average Bonchev–Trinajstić information content (AvgIpc) is 3.33. The zero-order chi connectivity index (χ0) is 31.6. The number of carboxylic acids is 1. The Morgan fingerprint density at radius 2 is 1.55 bits per heavy atom. The maximum absolute atomic E-state index is 13.2. The van der Waals surface area contributed by atoms with E-state index in [0.29, 0.717) is 33.5 Å². The standard InChI is InChI=1S/C33H32N4O6S/c1-19-8-13-27-29(16-19)43-33(35-27)36-32(40)34-26-7-5-6-25(18-26)24-11-9-23(10-12-24)17-28(31(38)39)37-44(41,42)30-21(3)14-20(2)15-22(30)4/h5-16,18,28,37H,17H2,1-4H3,(H,38,39)(H2,34,35,36,40)/t28-/m0/s1. The number of amides is 2. The molecule has 0 unspecified atom stereocenters. The van der Waals surface area contributed by atoms with Crippen molar-refractivity contribution in [1.82, 2.24) is 9.71 Å². The SMILES string of the molecule is Cc1cc(C)c(S(=O)(=O)N[C@@H](Cc2ccc(-c3cccc(NC(=O)Nc4nc5ccc(C)cc5o4)c3)cc2)C(=O)O)c(C)c1. The van der Waals surface area contributed by atoms with Gasteiger partial charge in [0.05, 0.1) is 4.90 Å². The van der Waals surface area contributed by atoms with Crippen molar-refractivity contribution in [1.29, 1.82) is 0 Å². The Labute approximate surface area is 255 Å². The normalized spacial score (nSPS) is 12.2. The number of benzene rings is 4. The van der Waals surface area contributed by atoms with Crippen LogP contribution in [0.4, 0.5) is 16.5 Å². The van der Waals surface area contributed by atoms with Crippen LogP contribution in [0.2, 0.25) is 0 Å². The number of oxazole rings is 1. The number of aromatic nitrogens is 1. The Hall–Kier alpha value is -5.00. The number of nitrogens with zero attached hydrogens (tertiary/aromatic N) is 1. The van der Waals surface area contributed by atoms with Crippen molar-refractivity contribution in [2.75, 3.05) is 10.6 Å². The van der Waals surface area contributed by atoms with Crippen molar-refractivity contribution >= 4 is 44.8 Å². The van der Waals surface area contributed by atoms with Gasteiger partial charge in [0.15, 0.2) is 5.58 Å². The Morgan fingerprint density at radius 3 is 2.23 bits per heavy atom. The molecule has 0 aliphatic carbocycles. The molecule has 10 nitrogen and oxygen atoms in total. The fourth-order valence-corrected chi connectivity index (χ4v) is 6.85. The van der Waals surface area contributed by atoms with Gasteiger partial charge < -0.3 is 14.8 Å². The molecule has 5 rings (SSSR count). The number of fused-ring (bicyclic) bond motifs is 1. The van der Waals surface area contributed by atoms with Crippen LogP contribution in [0.3, 0.4) is 0 Å². The number of carbonyl (C=O) groups is 2. The summed E-state index contributed by atoms with van der Waals surface area (Å²) in [4.78, 5) is 29.0. The number of carboxylic acid groups (broad SMARTS) is 1. The second-order valence-corrected chi connectivity index (χ2v) is 12.4. The van der Waals surface area contributed by atoms with Crippen LogP contribution >= 0.6 is 0 Å². The highest BCUT2D eigenvalue weighted by Gasteiger charge is 2.28. The molecule has 0 fully saturated rings. The first kappa shape index (κ1) is 30.5. The first-order valence-electron chi connectivity index (χ1n) is 13.9. The second kappa shape index (κ2) is 12.3. The molecule has 2 amide bonds. The van der Waals surface area contributed by atoms with Gasteiger partial charge in [0.2, 0.25) is 10.0 Å². The Morgan fingerprint density at radius 1 is 0.841 bits per heavy atom. The molecule has 0 spiro atoms. The van der Waals surface area contributed by atoms with E-state index in [1.54, 1.807) is 56.3 Å². The molecule has 0 bridgehead atoms. The second-order valence-electron chi connectivity index (χ2n) is 10.8. The summed E-state index contributed by atoms with van der Waals surface area (Å²) >= 11 is 0. The smallest absolute Gasteiger partial charge is 0.327 e. The number of carbonyl (C=O) groups excluding carboxylic acids is 1. The topological polar surface area (TPSA) is 151 Å². The van der Waals surface area contributed by atoms with Crippen LogP contribution in [0.5, 0.6) is 0 Å². The Balaban J connectivity index is 1.25. The molecule has 44 heavy (non-hydrogen) atoms. The molecule has 1 heterocycles. The van der Waals surface area contributed by atoms with Crippen LogP contribution in [0.1, 0.15) is 27.8 Å². The summed E-state index contributed by atoms with van der Waals surface area (Å²) in [6.45, 7) is 7.20. The van der Waals surface area contributed by atoms with Crippen LogP contribution in [0.25, 0.3) is 22.2 Å². The first-order valence-corrected chi connectivity index (χ1v) is 15.3. The third-order valence-electron chi connectivity index (χ3n) is 7.08. The summed E-state index contributed by atoms with van der Waals surface area (Å²) in [6.07, 6.45) is -0.0457. The number of hydrogen-bond donors (Lipinski definition) is 4. The van der Waals surface area contributed by atoms with E-state index in [4.69, 9.17) is 4.42 Å². The highest BCUT2D eigenvalue weighted by atomic mass is 32.2. The number of nitrogens with one attached hydrogen (secondary N) is 3. The van der Waals surface area contributed by atoms with Gasteiger partial charge in [0.25, 0.3) is 0 Å². The minimum absolute atomic E-state index is 0.0457. The molecule has 1 atom stereocenters. The van der Waals surface area contributed by atoms with Gasteiger partial charge in [0.1, 0.15) is 11.6 Å². The van der Waals surface area contributed by atoms with Gasteiger partial charge in [-0.3, -0.25) is 10.1 Å². The van der Waals surface area contributed by atoms with Crippen LogP contribution in [0, 0.1) is 27.7 Å². The van der Waals surface area contributed by atoms with Gasteiger partial charge in [-0.2, -0.15) is 9.71 Å². The molecule has 0 aliphatic rings. The summed E-state index contributed by atoms with van der Waals surface area (Å²) in [5, 5.41) is 15.2. The highest BCUT2D eigenvalue weighted by molar-refractivity contribution is 7.89. The van der Waals surface area contributed by atoms with E-state index in [0.717, 1.165) is 22.3 Å². The summed E-state index contributed by atoms with van der Waals surface area (Å²) in [5.74, 6) is -1.27. The van der Waals surface area contributed by atoms with Gasteiger partial charge in [-0.15, -0.1) is 0 Å². The molecule has 0 saturated carbocycles. The lowest BCUT2D eigenvalue weighted by Crippen LogP contribution is -2.42. The summed E-state index contributed by atoms with van der Waals surface area (Å²) in [7, 11) is -4.08. The van der Waals surface area contributed by atoms with Crippen molar-refractivity contribution in [2.45, 2.75) is 45.1 Å². The monoisotopic (exact) mass is 612 g/mol. The van der Waals surface area contributed by atoms with Crippen LogP contribution in [0.15, 0.2) is 88.2 Å². The minimum Gasteiger partial charge on any atom is -0.480 e. The van der Waals surface area contributed by atoms with Gasteiger partial charge in [-0.1, -0.05) is 60.2 Å². The molecule has 4 aromatic carbocycles. The van der Waals surface area contributed by atoms with Gasteiger partial charge in [-0.25, -0.2) is 13.2 Å². The number of hydrogen-bond acceptors (Lipinski definition) is 6. The lowest BCUT2D eigenvalue weighted by molar-refractivity contribution is -0.138. The molecule has 0 aliphatic heterocycles. The van der Waals surface area contributed by atoms with E-state index < -0.39 is 28.1 Å². The predicted molar refractivity (Wildman–Crippen MR) is 169 cm³/mol. The Bertz CT molecular complexity index is 1960. The number of anilines is 2. The quantitative estimate of drug-likeness (QED) is 0.152. The van der Waals surface area contributed by atoms with Crippen LogP contribution in [-0.2, 0) is 21.2 Å². The van der Waals surface area contributed by atoms with E-state index in [9.17, 15) is 23.1 Å². The summed E-state index contributed by atoms with van der Waals surface area (Å²) < 4.78 is 34.3. The lowest BCUT2D eigenvalue weighted by atomic mass is 10.0. The Kier molecular flexibility index (Phi) is 8.52. The average molecular weight is 613 g/mol. The van der Waals surface area contributed by atoms with E-state index >= 15 is 0 Å². The van der Waals surface area contributed by atoms with E-state index in [2.05, 4.69) is 20.3 Å². The predicted octanol–water partition coefficient (Wildman–Crippen LogP) is 6.35. The largest absolute Gasteiger partial charge is 0.480 e. The molecule has 4 N–H and O–H groups in total. The van der Waals surface area contributed by atoms with Crippen LogP contribution < -0.4 is 15.4 Å². The van der Waals surface area contributed by atoms with Crippen molar-refractivity contribution in [3.63, 3.8) is 0 Å². The maximum atomic E-state index is 13.2. The van der Waals surface area contributed by atoms with Crippen molar-refractivity contribution in [2.24, 2.45) is 0 Å². The lowest BCUT2D eigenvalue weighted by Gasteiger charge is -2.18. The zero-order valence-electron chi connectivity index (χ0n) is 24.6. The fourth-order valence-electron chi connectivity index (χ4n) is 5.21. The van der Waals surface area contributed by atoms with Crippen molar-refractivity contribution < 1.29 is 27.5 Å². The number of urea groups is 1. The number of sulfonamides is 1. The molecule has 0 saturated heterocycles. The molecule has 1 aromatic heterocycles. The molecular formula is C33H32N4O6S. The van der Waals surface area contributed by atoms with E-state index in [-0.39, 0.29) is 17.3 Å². The minimum atomic E-state index is -4.08. The summed E-state index contributed by atoms with van der Waals surface area (Å²) in [6, 6.07) is 21.6. The molecule has 226 valence electrons. The van der Waals surface area contributed by atoms with Crippen molar-refractivity contribution in [3.8, 4) is 11.1 Å². The van der Waals surface area contributed by atoms with Gasteiger partial charge in [0, 0.05) is 5.69 Å². The van der Waals surface area contributed by atoms with E-state index in [1.807, 2.05) is 50.2 Å². The molecule has 5 aromatic rings. The van der Waals surface area contributed by atoms with Gasteiger partial charge in [-0.05, 0) is 91.8 Å². The molecule has 0 radical (unpaired) electrons. The van der Waals surface area contributed by atoms with Crippen molar-refractivity contribution in [3.05, 3.63) is 107 Å². The molecular weight excluding hydrogens is 580 g/mol. The maximum Gasteiger partial charge on any atom is 0.327 e. The number of rotatable bonds is 9. The van der Waals surface area contributed by atoms with E-state index in [1.165, 1.54) is 0 Å². The fraction of sp³-hybridized carbons (Fsp3) is 0.182. The highest BCUT2D eigenvalue weighted by Crippen LogP contribution is 2.26. The third kappa shape index (κ3) is 6.96. The zero-order valence-corrected chi connectivity index (χ0v) is 25.5. The number of aliphatic carboxylic acids is 1. The van der Waals surface area contributed by atoms with Gasteiger partial charge >= 0.3 is 18.0 Å². The third-order valence-corrected chi connectivity index (χ3v) is 8.86. The van der Waals surface area contributed by atoms with Crippen LogP contribution in [-0.4, -0.2) is 36.6 Å². The number of aryl methyl sites for hydroxylation is 4. The molecule has 11 heteroatoms. The summed E-state index contributed by atoms with van der Waals surface area (Å²) in [5.41, 5.74) is 7.09.